The molecule has 3 aromatic rings. The van der Waals surface area contributed by atoms with Crippen LogP contribution in [0.4, 0.5) is 5.69 Å². The van der Waals surface area contributed by atoms with E-state index >= 15 is 0 Å². The van der Waals surface area contributed by atoms with Gasteiger partial charge in [0, 0.05) is 31.1 Å². The van der Waals surface area contributed by atoms with Gasteiger partial charge < -0.3 is 26.4 Å². The number of primary amides is 1. The minimum Gasteiger partial charge on any atom is -0.482 e. The summed E-state index contributed by atoms with van der Waals surface area (Å²) in [7, 11) is 0. The first-order chi connectivity index (χ1) is 17.9. The lowest BCUT2D eigenvalue weighted by molar-refractivity contribution is -0.123. The first-order valence-corrected chi connectivity index (χ1v) is 12.1. The highest BCUT2D eigenvalue weighted by Crippen LogP contribution is 2.29. The number of anilines is 1. The number of nitrogens with zero attached hydrogens (tertiary/aromatic N) is 3. The summed E-state index contributed by atoms with van der Waals surface area (Å²) in [6.07, 6.45) is 4.58. The standard InChI is InChI=1S/C25H27N7O5/c26-23(34)16-4-1-14(2-5-16)11-28-25(36)19-10-18(30-21-7-8-29-32(19)21)24(35)27-12-15-3-6-20-17(9-15)31-22(33)13-37-20/h3,6-10,14,16H,1-2,4-5,11-13H2,(H2,26,34)(H,27,35)(H,28,36)(H,31,33). The molecular weight excluding hydrogens is 478 g/mol. The van der Waals surface area contributed by atoms with Crippen molar-refractivity contribution < 1.29 is 23.9 Å². The molecule has 3 heterocycles. The van der Waals surface area contributed by atoms with Crippen LogP contribution < -0.4 is 26.4 Å². The van der Waals surface area contributed by atoms with Crippen LogP contribution in [0, 0.1) is 11.8 Å². The Kier molecular flexibility index (Phi) is 6.71. The molecule has 0 bridgehead atoms. The van der Waals surface area contributed by atoms with Gasteiger partial charge in [-0.3, -0.25) is 19.2 Å². The molecule has 0 radical (unpaired) electrons. The fourth-order valence-electron chi connectivity index (χ4n) is 4.68. The smallest absolute Gasteiger partial charge is 0.270 e. The number of benzene rings is 1. The van der Waals surface area contributed by atoms with E-state index in [0.29, 0.717) is 23.6 Å². The van der Waals surface area contributed by atoms with Gasteiger partial charge in [0.15, 0.2) is 12.3 Å². The van der Waals surface area contributed by atoms with Gasteiger partial charge in [-0.2, -0.15) is 5.10 Å². The lowest BCUT2D eigenvalue weighted by Crippen LogP contribution is -2.35. The predicted molar refractivity (Wildman–Crippen MR) is 132 cm³/mol. The van der Waals surface area contributed by atoms with Crippen LogP contribution in [0.5, 0.6) is 5.75 Å². The molecule has 4 amide bonds. The van der Waals surface area contributed by atoms with Crippen LogP contribution in [0.1, 0.15) is 52.2 Å². The molecule has 1 aromatic carbocycles. The molecule has 2 aromatic heterocycles. The summed E-state index contributed by atoms with van der Waals surface area (Å²) in [6.45, 7) is 0.608. The van der Waals surface area contributed by atoms with Crippen LogP contribution in [0.2, 0.25) is 0 Å². The van der Waals surface area contributed by atoms with Crippen LogP contribution in [-0.2, 0) is 16.1 Å². The number of fused-ring (bicyclic) bond motifs is 2. The zero-order chi connectivity index (χ0) is 25.9. The van der Waals surface area contributed by atoms with E-state index in [2.05, 4.69) is 26.0 Å². The minimum absolute atomic E-state index is 0.0296. The Labute approximate surface area is 211 Å². The number of nitrogens with two attached hydrogens (primary N) is 1. The summed E-state index contributed by atoms with van der Waals surface area (Å²) in [6, 6.07) is 8.28. The second kappa shape index (κ2) is 10.2. The van der Waals surface area contributed by atoms with Gasteiger partial charge in [-0.05, 0) is 49.3 Å². The second-order valence-corrected chi connectivity index (χ2v) is 9.31. The number of carbonyl (C=O) groups is 4. The number of aromatic nitrogens is 3. The molecular formula is C25H27N7O5. The molecule has 12 nitrogen and oxygen atoms in total. The molecule has 1 aliphatic carbocycles. The van der Waals surface area contributed by atoms with Gasteiger partial charge in [0.1, 0.15) is 17.1 Å². The molecule has 0 unspecified atom stereocenters. The largest absolute Gasteiger partial charge is 0.482 e. The van der Waals surface area contributed by atoms with Gasteiger partial charge in [-0.25, -0.2) is 9.50 Å². The van der Waals surface area contributed by atoms with E-state index in [0.717, 1.165) is 31.2 Å². The van der Waals surface area contributed by atoms with E-state index < -0.39 is 5.91 Å². The number of hydrogen-bond donors (Lipinski definition) is 4. The van der Waals surface area contributed by atoms with Crippen LogP contribution in [0.15, 0.2) is 36.5 Å². The molecule has 0 atom stereocenters. The van der Waals surface area contributed by atoms with Crippen molar-refractivity contribution in [1.82, 2.24) is 25.2 Å². The quantitative estimate of drug-likeness (QED) is 0.371. The molecule has 192 valence electrons. The Morgan fingerprint density at radius 1 is 1.08 bits per heavy atom. The van der Waals surface area contributed by atoms with Crippen molar-refractivity contribution in [2.75, 3.05) is 18.5 Å². The molecule has 2 aliphatic rings. The minimum atomic E-state index is -0.458. The molecule has 37 heavy (non-hydrogen) atoms. The Morgan fingerprint density at radius 3 is 2.68 bits per heavy atom. The molecule has 1 saturated carbocycles. The monoisotopic (exact) mass is 505 g/mol. The number of amides is 4. The third-order valence-corrected chi connectivity index (χ3v) is 6.75. The average molecular weight is 506 g/mol. The summed E-state index contributed by atoms with van der Waals surface area (Å²) in [4.78, 5) is 53.2. The van der Waals surface area contributed by atoms with E-state index in [1.807, 2.05) is 0 Å². The van der Waals surface area contributed by atoms with Gasteiger partial charge in [0.05, 0.1) is 11.9 Å². The number of nitrogens with one attached hydrogen (secondary N) is 3. The maximum absolute atomic E-state index is 13.0. The number of rotatable bonds is 7. The van der Waals surface area contributed by atoms with Gasteiger partial charge >= 0.3 is 0 Å². The molecule has 0 spiro atoms. The van der Waals surface area contributed by atoms with E-state index in [9.17, 15) is 19.2 Å². The fraction of sp³-hybridized carbons (Fsp3) is 0.360. The SMILES string of the molecule is NC(=O)C1CCC(CNC(=O)c2cc(C(=O)NCc3ccc4c(c3)NC(=O)CO4)nc3ccnn23)CC1. The summed E-state index contributed by atoms with van der Waals surface area (Å²) < 4.78 is 6.74. The van der Waals surface area contributed by atoms with Crippen LogP contribution >= 0.6 is 0 Å². The van der Waals surface area contributed by atoms with Gasteiger partial charge in [-0.15, -0.1) is 0 Å². The number of ether oxygens (including phenoxy) is 1. The molecule has 1 aliphatic heterocycles. The highest BCUT2D eigenvalue weighted by Gasteiger charge is 2.25. The van der Waals surface area contributed by atoms with Gasteiger partial charge in [-0.1, -0.05) is 6.07 Å². The average Bonchev–Trinajstić information content (AvgIpc) is 3.38. The topological polar surface area (TPSA) is 170 Å². The van der Waals surface area contributed by atoms with Crippen LogP contribution in [0.25, 0.3) is 5.65 Å². The van der Waals surface area contributed by atoms with Crippen molar-refractivity contribution >= 4 is 35.0 Å². The maximum atomic E-state index is 13.0. The Hall–Kier alpha value is -4.48. The number of carbonyl (C=O) groups excluding carboxylic acids is 4. The molecule has 5 rings (SSSR count). The van der Waals surface area contributed by atoms with E-state index in [1.165, 1.54) is 16.8 Å². The van der Waals surface area contributed by atoms with Crippen molar-refractivity contribution in [3.8, 4) is 5.75 Å². The zero-order valence-corrected chi connectivity index (χ0v) is 20.0. The Bertz CT molecular complexity index is 1380. The first kappa shape index (κ1) is 24.2. The second-order valence-electron chi connectivity index (χ2n) is 9.31. The van der Waals surface area contributed by atoms with Crippen LogP contribution in [-0.4, -0.2) is 51.4 Å². The van der Waals surface area contributed by atoms with Crippen LogP contribution in [0.3, 0.4) is 0 Å². The zero-order valence-electron chi connectivity index (χ0n) is 20.0. The van der Waals surface area contributed by atoms with Crippen molar-refractivity contribution in [3.63, 3.8) is 0 Å². The molecule has 5 N–H and O–H groups in total. The van der Waals surface area contributed by atoms with Crippen molar-refractivity contribution in [1.29, 1.82) is 0 Å². The highest BCUT2D eigenvalue weighted by atomic mass is 16.5. The summed E-state index contributed by atoms with van der Waals surface area (Å²) in [5, 5.41) is 12.6. The summed E-state index contributed by atoms with van der Waals surface area (Å²) >= 11 is 0. The molecule has 1 fully saturated rings. The van der Waals surface area contributed by atoms with Crippen molar-refractivity contribution in [2.45, 2.75) is 32.2 Å². The van der Waals surface area contributed by atoms with E-state index in [4.69, 9.17) is 10.5 Å². The normalized spacial score (nSPS) is 18.9. The Balaban J connectivity index is 1.24. The summed E-state index contributed by atoms with van der Waals surface area (Å²) in [5.74, 6) is -0.601. The summed E-state index contributed by atoms with van der Waals surface area (Å²) in [5.41, 5.74) is 7.35. The fourth-order valence-corrected chi connectivity index (χ4v) is 4.68. The van der Waals surface area contributed by atoms with Crippen molar-refractivity contribution in [3.05, 3.63) is 53.5 Å². The lowest BCUT2D eigenvalue weighted by atomic mass is 9.81. The predicted octanol–water partition coefficient (Wildman–Crippen LogP) is 1.01. The Morgan fingerprint density at radius 2 is 1.89 bits per heavy atom. The van der Waals surface area contributed by atoms with Crippen molar-refractivity contribution in [2.24, 2.45) is 17.6 Å². The number of hydrogen-bond acceptors (Lipinski definition) is 7. The maximum Gasteiger partial charge on any atom is 0.270 e. The first-order valence-electron chi connectivity index (χ1n) is 12.1. The molecule has 0 saturated heterocycles. The lowest BCUT2D eigenvalue weighted by Gasteiger charge is -2.26. The highest BCUT2D eigenvalue weighted by molar-refractivity contribution is 5.98. The van der Waals surface area contributed by atoms with E-state index in [1.54, 1.807) is 24.3 Å². The third kappa shape index (κ3) is 5.37. The molecule has 12 heteroatoms. The van der Waals surface area contributed by atoms with Gasteiger partial charge in [0.2, 0.25) is 5.91 Å². The van der Waals surface area contributed by atoms with E-state index in [-0.39, 0.29) is 54.1 Å². The van der Waals surface area contributed by atoms with Gasteiger partial charge in [0.25, 0.3) is 17.7 Å². The third-order valence-electron chi connectivity index (χ3n) is 6.75.